The molecule has 3 aromatic heterocycles. The average molecular weight is 693 g/mol. The van der Waals surface area contributed by atoms with E-state index in [-0.39, 0.29) is 20.1 Å². The average Bonchev–Trinajstić information content (AvgIpc) is 3.29. The maximum absolute atomic E-state index is 4.60. The summed E-state index contributed by atoms with van der Waals surface area (Å²) in [4.78, 5) is 9.12. The zero-order chi connectivity index (χ0) is 25.1. The van der Waals surface area contributed by atoms with Crippen molar-refractivity contribution in [2.24, 2.45) is 0 Å². The first-order chi connectivity index (χ1) is 17.4. The van der Waals surface area contributed by atoms with E-state index in [1.54, 1.807) is 0 Å². The normalized spacial score (nSPS) is 11.0. The molecule has 0 amide bonds. The van der Waals surface area contributed by atoms with Crippen LogP contribution in [0.3, 0.4) is 0 Å². The fraction of sp³-hybridized carbons (Fsp3) is 0.125. The number of hydrogen-bond acceptors (Lipinski definition) is 3. The third-order valence-corrected chi connectivity index (χ3v) is 9.51. The predicted molar refractivity (Wildman–Crippen MR) is 158 cm³/mol. The Morgan fingerprint density at radius 2 is 1.38 bits per heavy atom. The Balaban J connectivity index is 0.000000173. The van der Waals surface area contributed by atoms with Crippen LogP contribution in [0.15, 0.2) is 97.3 Å². The van der Waals surface area contributed by atoms with Crippen molar-refractivity contribution in [2.75, 3.05) is 0 Å². The molecule has 6 rings (SSSR count). The summed E-state index contributed by atoms with van der Waals surface area (Å²) in [7, 11) is -1.23. The van der Waals surface area contributed by atoms with Crippen LogP contribution in [0.2, 0.25) is 19.6 Å². The molecule has 0 atom stereocenters. The van der Waals surface area contributed by atoms with Gasteiger partial charge in [0.05, 0.1) is 8.07 Å². The minimum absolute atomic E-state index is 0. The van der Waals surface area contributed by atoms with Gasteiger partial charge in [-0.2, -0.15) is 0 Å². The number of fused-ring (bicyclic) bond motifs is 3. The molecule has 0 aliphatic rings. The second-order valence-corrected chi connectivity index (χ2v) is 16.0. The molecular weight excluding hydrogens is 665 g/mol. The molecule has 3 heterocycles. The minimum atomic E-state index is -1.23. The van der Waals surface area contributed by atoms with Gasteiger partial charge in [-0.3, -0.25) is 0 Å². The summed E-state index contributed by atoms with van der Waals surface area (Å²) in [6.07, 6.45) is 4.01. The first-order valence-corrected chi connectivity index (χ1v) is 16.4. The number of aryl methyl sites for hydroxylation is 1. The SMILES string of the molecule is C[Si](C)(C)c1ccc(-c2[c-]cccc2)nc1.Cc1cccc2c1sc1cc(-c3[c-]cccc3)ncc12.[Ir]. The summed E-state index contributed by atoms with van der Waals surface area (Å²) in [5, 5.41) is 3.95. The van der Waals surface area contributed by atoms with E-state index < -0.39 is 8.07 Å². The van der Waals surface area contributed by atoms with E-state index in [0.717, 1.165) is 22.5 Å². The van der Waals surface area contributed by atoms with Crippen molar-refractivity contribution in [3.8, 4) is 22.5 Å². The summed E-state index contributed by atoms with van der Waals surface area (Å²) in [5.41, 5.74) is 5.43. The van der Waals surface area contributed by atoms with E-state index >= 15 is 0 Å². The molecule has 5 heteroatoms. The van der Waals surface area contributed by atoms with E-state index in [4.69, 9.17) is 0 Å². The fourth-order valence-electron chi connectivity index (χ4n) is 4.08. The zero-order valence-electron chi connectivity index (χ0n) is 21.4. The molecule has 0 saturated carbocycles. The smallest absolute Gasteiger partial charge is 0.0795 e. The number of hydrogen-bond donors (Lipinski definition) is 0. The molecule has 37 heavy (non-hydrogen) atoms. The third-order valence-electron chi connectivity index (χ3n) is 6.18. The number of nitrogens with zero attached hydrogens (tertiary/aromatic N) is 2. The summed E-state index contributed by atoms with van der Waals surface area (Å²) in [6, 6.07) is 35.3. The van der Waals surface area contributed by atoms with Crippen LogP contribution in [-0.4, -0.2) is 18.0 Å². The van der Waals surface area contributed by atoms with Crippen molar-refractivity contribution in [1.82, 2.24) is 9.97 Å². The van der Waals surface area contributed by atoms with Gasteiger partial charge in [0.15, 0.2) is 0 Å². The summed E-state index contributed by atoms with van der Waals surface area (Å²) in [5.74, 6) is 0. The Morgan fingerprint density at radius 3 is 1.97 bits per heavy atom. The van der Waals surface area contributed by atoms with Crippen LogP contribution in [0.5, 0.6) is 0 Å². The van der Waals surface area contributed by atoms with Gasteiger partial charge in [-0.1, -0.05) is 56.0 Å². The van der Waals surface area contributed by atoms with Gasteiger partial charge < -0.3 is 9.97 Å². The summed E-state index contributed by atoms with van der Waals surface area (Å²) >= 11 is 1.84. The predicted octanol–water partition coefficient (Wildman–Crippen LogP) is 8.32. The number of aromatic nitrogens is 2. The van der Waals surface area contributed by atoms with Crippen LogP contribution in [0.1, 0.15) is 5.56 Å². The van der Waals surface area contributed by atoms with Gasteiger partial charge in [-0.05, 0) is 29.1 Å². The number of pyridine rings is 2. The van der Waals surface area contributed by atoms with E-state index in [2.05, 4.69) is 85.1 Å². The molecule has 0 aliphatic heterocycles. The molecule has 0 bridgehead atoms. The number of thiophene rings is 1. The monoisotopic (exact) mass is 693 g/mol. The molecule has 3 aromatic carbocycles. The zero-order valence-corrected chi connectivity index (χ0v) is 25.6. The van der Waals surface area contributed by atoms with Gasteiger partial charge in [-0.25, -0.2) is 0 Å². The Bertz CT molecular complexity index is 1610. The van der Waals surface area contributed by atoms with Crippen molar-refractivity contribution >= 4 is 44.8 Å². The van der Waals surface area contributed by atoms with Crippen molar-refractivity contribution in [2.45, 2.75) is 26.6 Å². The minimum Gasteiger partial charge on any atom is -0.305 e. The van der Waals surface area contributed by atoms with Gasteiger partial charge in [0.2, 0.25) is 0 Å². The summed E-state index contributed by atoms with van der Waals surface area (Å²) in [6.45, 7) is 9.16. The second-order valence-electron chi connectivity index (χ2n) is 9.85. The largest absolute Gasteiger partial charge is 0.305 e. The van der Waals surface area contributed by atoms with Crippen molar-refractivity contribution < 1.29 is 20.1 Å². The molecule has 1 radical (unpaired) electrons. The molecule has 6 aromatic rings. The molecule has 0 N–H and O–H groups in total. The van der Waals surface area contributed by atoms with Gasteiger partial charge in [-0.15, -0.1) is 83.1 Å². The first kappa shape index (κ1) is 27.1. The van der Waals surface area contributed by atoms with E-state index in [1.165, 1.54) is 30.9 Å². The van der Waals surface area contributed by atoms with Crippen LogP contribution >= 0.6 is 11.3 Å². The molecule has 0 spiro atoms. The van der Waals surface area contributed by atoms with Crippen LogP contribution in [-0.2, 0) is 20.1 Å². The van der Waals surface area contributed by atoms with Crippen LogP contribution in [0.4, 0.5) is 0 Å². The topological polar surface area (TPSA) is 25.8 Å². The summed E-state index contributed by atoms with van der Waals surface area (Å²) < 4.78 is 2.65. The third kappa shape index (κ3) is 6.14. The molecule has 0 fully saturated rings. The van der Waals surface area contributed by atoms with Crippen molar-refractivity contribution in [1.29, 1.82) is 0 Å². The van der Waals surface area contributed by atoms with Crippen LogP contribution in [0.25, 0.3) is 42.7 Å². The molecular formula is C32H28IrN2SSi-2. The Kier molecular flexibility index (Phi) is 8.51. The maximum atomic E-state index is 4.60. The standard InChI is InChI=1S/C18H12NS.C14H16NSi.Ir/c1-12-6-5-9-14-15-11-19-16(10-17(15)20-18(12)14)13-7-3-2-4-8-13;1-16(2,3)13-9-10-14(15-11-13)12-7-5-4-6-8-12;/h2-7,9-11H,1H3;4-7,9-11H,1-3H3;/q2*-1;. The number of rotatable bonds is 3. The Labute approximate surface area is 237 Å². The first-order valence-electron chi connectivity index (χ1n) is 12.1. The molecule has 0 unspecified atom stereocenters. The molecule has 2 nitrogen and oxygen atoms in total. The van der Waals surface area contributed by atoms with Crippen LogP contribution in [0, 0.1) is 19.1 Å². The number of benzene rings is 3. The van der Waals surface area contributed by atoms with Crippen LogP contribution < -0.4 is 5.19 Å². The molecule has 187 valence electrons. The quantitative estimate of drug-likeness (QED) is 0.138. The van der Waals surface area contributed by atoms with E-state index in [1.807, 2.05) is 72.3 Å². The van der Waals surface area contributed by atoms with Crippen molar-refractivity contribution in [3.05, 3.63) is 115 Å². The Morgan fingerprint density at radius 1 is 0.703 bits per heavy atom. The fourth-order valence-corrected chi connectivity index (χ4v) is 6.30. The van der Waals surface area contributed by atoms with E-state index in [0.29, 0.717) is 0 Å². The van der Waals surface area contributed by atoms with Gasteiger partial charge in [0, 0.05) is 52.7 Å². The van der Waals surface area contributed by atoms with Gasteiger partial charge in [0.25, 0.3) is 0 Å². The molecule has 0 aliphatic carbocycles. The van der Waals surface area contributed by atoms with Gasteiger partial charge in [0.1, 0.15) is 0 Å². The van der Waals surface area contributed by atoms with E-state index in [9.17, 15) is 0 Å². The Hall–Kier alpha value is -2.95. The van der Waals surface area contributed by atoms with Gasteiger partial charge >= 0.3 is 0 Å². The maximum Gasteiger partial charge on any atom is 0.0795 e. The second kappa shape index (κ2) is 11.6. The van der Waals surface area contributed by atoms with Crippen molar-refractivity contribution in [3.63, 3.8) is 0 Å². The molecule has 0 saturated heterocycles.